The summed E-state index contributed by atoms with van der Waals surface area (Å²) in [7, 11) is 0. The lowest BCUT2D eigenvalue weighted by Gasteiger charge is -2.40. The van der Waals surface area contributed by atoms with Crippen LogP contribution in [0.4, 0.5) is 0 Å². The van der Waals surface area contributed by atoms with Gasteiger partial charge in [0.05, 0.1) is 6.04 Å². The standard InChI is InChI=1S/C21H24N4O3/c22-10-14-3-5-15(6-4-14)11-24-21(27)20-19(16-2-1-9-23-12-16)25(17-7-8-17)18(26)13-28-20/h1-6,9,12,17,19-20H,7-8,10-11,13,22H2,(H,24,27)/t19-,20+/m1/s1. The molecule has 1 aliphatic heterocycles. The minimum absolute atomic E-state index is 0.0715. The third-order valence-corrected chi connectivity index (χ3v) is 5.21. The van der Waals surface area contributed by atoms with Crippen LogP contribution in [-0.4, -0.2) is 40.5 Å². The number of rotatable bonds is 6. The van der Waals surface area contributed by atoms with Crippen molar-refractivity contribution in [2.45, 2.75) is 44.1 Å². The Balaban J connectivity index is 1.51. The fourth-order valence-corrected chi connectivity index (χ4v) is 3.60. The van der Waals surface area contributed by atoms with Crippen molar-refractivity contribution < 1.29 is 14.3 Å². The van der Waals surface area contributed by atoms with Gasteiger partial charge in [0, 0.05) is 31.5 Å². The summed E-state index contributed by atoms with van der Waals surface area (Å²) in [6, 6.07) is 11.2. The van der Waals surface area contributed by atoms with Gasteiger partial charge in [-0.25, -0.2) is 0 Å². The second-order valence-corrected chi connectivity index (χ2v) is 7.23. The summed E-state index contributed by atoms with van der Waals surface area (Å²) in [5.41, 5.74) is 8.46. The molecule has 146 valence electrons. The van der Waals surface area contributed by atoms with Crippen molar-refractivity contribution in [1.29, 1.82) is 0 Å². The number of hydrogen-bond donors (Lipinski definition) is 2. The minimum Gasteiger partial charge on any atom is -0.356 e. The van der Waals surface area contributed by atoms with Gasteiger partial charge in [-0.2, -0.15) is 0 Å². The van der Waals surface area contributed by atoms with E-state index in [1.54, 1.807) is 12.4 Å². The monoisotopic (exact) mass is 380 g/mol. The number of carbonyl (C=O) groups is 2. The summed E-state index contributed by atoms with van der Waals surface area (Å²) >= 11 is 0. The molecular formula is C21H24N4O3. The van der Waals surface area contributed by atoms with Crippen molar-refractivity contribution in [2.75, 3.05) is 6.61 Å². The smallest absolute Gasteiger partial charge is 0.251 e. The zero-order valence-electron chi connectivity index (χ0n) is 15.6. The number of pyridine rings is 1. The summed E-state index contributed by atoms with van der Waals surface area (Å²) in [6.07, 6.45) is 4.55. The van der Waals surface area contributed by atoms with E-state index in [-0.39, 0.29) is 24.5 Å². The van der Waals surface area contributed by atoms with Gasteiger partial charge in [0.15, 0.2) is 6.10 Å². The lowest BCUT2D eigenvalue weighted by atomic mass is 9.98. The van der Waals surface area contributed by atoms with E-state index in [4.69, 9.17) is 10.5 Å². The SMILES string of the molecule is NCc1ccc(CNC(=O)[C@H]2OCC(=O)N(C3CC3)[C@@H]2c2cccnc2)cc1. The van der Waals surface area contributed by atoms with Crippen LogP contribution in [0.5, 0.6) is 0 Å². The van der Waals surface area contributed by atoms with Crippen molar-refractivity contribution in [3.8, 4) is 0 Å². The number of morpholine rings is 1. The average Bonchev–Trinajstić information content (AvgIpc) is 3.58. The maximum Gasteiger partial charge on any atom is 0.251 e. The molecule has 4 rings (SSSR count). The summed E-state index contributed by atoms with van der Waals surface area (Å²) < 4.78 is 5.70. The highest BCUT2D eigenvalue weighted by atomic mass is 16.5. The number of nitrogens with two attached hydrogens (primary N) is 1. The lowest BCUT2D eigenvalue weighted by molar-refractivity contribution is -0.165. The highest BCUT2D eigenvalue weighted by Crippen LogP contribution is 2.39. The second kappa shape index (κ2) is 8.08. The maximum absolute atomic E-state index is 13.0. The number of aromatic nitrogens is 1. The minimum atomic E-state index is -0.759. The van der Waals surface area contributed by atoms with Crippen LogP contribution in [0.15, 0.2) is 48.8 Å². The van der Waals surface area contributed by atoms with Crippen LogP contribution in [0.25, 0.3) is 0 Å². The van der Waals surface area contributed by atoms with Crippen LogP contribution in [0.2, 0.25) is 0 Å². The van der Waals surface area contributed by atoms with Gasteiger partial charge in [-0.3, -0.25) is 14.6 Å². The molecule has 2 aliphatic rings. The highest BCUT2D eigenvalue weighted by molar-refractivity contribution is 5.86. The van der Waals surface area contributed by atoms with E-state index in [1.165, 1.54) is 0 Å². The highest BCUT2D eigenvalue weighted by Gasteiger charge is 2.47. The number of carbonyl (C=O) groups excluding carboxylic acids is 2. The molecule has 28 heavy (non-hydrogen) atoms. The molecule has 1 saturated heterocycles. The Morgan fingerprint density at radius 1 is 1.21 bits per heavy atom. The molecule has 2 amide bonds. The quantitative estimate of drug-likeness (QED) is 0.787. The molecule has 1 aliphatic carbocycles. The van der Waals surface area contributed by atoms with E-state index in [0.29, 0.717) is 13.1 Å². The number of benzene rings is 1. The van der Waals surface area contributed by atoms with Crippen molar-refractivity contribution >= 4 is 11.8 Å². The Bertz CT molecular complexity index is 836. The molecule has 3 N–H and O–H groups in total. The van der Waals surface area contributed by atoms with Crippen LogP contribution in [0.3, 0.4) is 0 Å². The molecule has 2 aromatic rings. The zero-order chi connectivity index (χ0) is 19.5. The Morgan fingerprint density at radius 3 is 2.61 bits per heavy atom. The van der Waals surface area contributed by atoms with Gasteiger partial charge in [0.2, 0.25) is 5.91 Å². The maximum atomic E-state index is 13.0. The van der Waals surface area contributed by atoms with Crippen LogP contribution in [0, 0.1) is 0 Å². The summed E-state index contributed by atoms with van der Waals surface area (Å²) in [4.78, 5) is 31.5. The van der Waals surface area contributed by atoms with E-state index in [0.717, 1.165) is 29.5 Å². The molecule has 7 nitrogen and oxygen atoms in total. The Labute approximate surface area is 163 Å². The topological polar surface area (TPSA) is 97.5 Å². The normalized spacial score (nSPS) is 22.2. The Kier molecular flexibility index (Phi) is 5.36. The van der Waals surface area contributed by atoms with Crippen molar-refractivity contribution in [3.05, 3.63) is 65.5 Å². The molecule has 1 saturated carbocycles. The zero-order valence-corrected chi connectivity index (χ0v) is 15.6. The van der Waals surface area contributed by atoms with Gasteiger partial charge >= 0.3 is 0 Å². The Morgan fingerprint density at radius 2 is 1.96 bits per heavy atom. The molecule has 1 aromatic heterocycles. The lowest BCUT2D eigenvalue weighted by Crippen LogP contribution is -2.55. The Hall–Kier alpha value is -2.77. The van der Waals surface area contributed by atoms with Gasteiger partial charge in [-0.1, -0.05) is 30.3 Å². The van der Waals surface area contributed by atoms with Gasteiger partial charge in [-0.15, -0.1) is 0 Å². The fourth-order valence-electron chi connectivity index (χ4n) is 3.60. The van der Waals surface area contributed by atoms with E-state index < -0.39 is 12.1 Å². The van der Waals surface area contributed by atoms with Gasteiger partial charge in [-0.05, 0) is 35.6 Å². The first-order valence-electron chi connectivity index (χ1n) is 9.55. The largest absolute Gasteiger partial charge is 0.356 e. The number of ether oxygens (including phenoxy) is 1. The van der Waals surface area contributed by atoms with E-state index in [1.807, 2.05) is 41.3 Å². The first kappa shape index (κ1) is 18.6. The molecule has 0 spiro atoms. The predicted octanol–water partition coefficient (Wildman–Crippen LogP) is 1.29. The summed E-state index contributed by atoms with van der Waals surface area (Å²) in [6.45, 7) is 0.803. The van der Waals surface area contributed by atoms with Crippen molar-refractivity contribution in [2.24, 2.45) is 5.73 Å². The molecule has 2 heterocycles. The predicted molar refractivity (Wildman–Crippen MR) is 103 cm³/mol. The molecule has 0 radical (unpaired) electrons. The molecule has 0 unspecified atom stereocenters. The molecule has 2 fully saturated rings. The van der Waals surface area contributed by atoms with Gasteiger partial charge < -0.3 is 20.7 Å². The molecule has 2 atom stereocenters. The third kappa shape index (κ3) is 3.90. The number of nitrogens with zero attached hydrogens (tertiary/aromatic N) is 2. The summed E-state index contributed by atoms with van der Waals surface area (Å²) in [5, 5.41) is 2.95. The van der Waals surface area contributed by atoms with E-state index in [2.05, 4.69) is 10.3 Å². The molecule has 0 bridgehead atoms. The fraction of sp³-hybridized carbons (Fsp3) is 0.381. The first-order valence-corrected chi connectivity index (χ1v) is 9.55. The van der Waals surface area contributed by atoms with E-state index >= 15 is 0 Å². The number of amides is 2. The van der Waals surface area contributed by atoms with Crippen LogP contribution in [-0.2, 0) is 27.4 Å². The number of hydrogen-bond acceptors (Lipinski definition) is 5. The molecule has 7 heteroatoms. The second-order valence-electron chi connectivity index (χ2n) is 7.23. The summed E-state index contributed by atoms with van der Waals surface area (Å²) in [5.74, 6) is -0.298. The molecule has 1 aromatic carbocycles. The first-order chi connectivity index (χ1) is 13.7. The number of nitrogens with one attached hydrogen (secondary N) is 1. The third-order valence-electron chi connectivity index (χ3n) is 5.21. The van der Waals surface area contributed by atoms with Crippen LogP contribution >= 0.6 is 0 Å². The van der Waals surface area contributed by atoms with E-state index in [9.17, 15) is 9.59 Å². The van der Waals surface area contributed by atoms with Crippen LogP contribution in [0.1, 0.15) is 35.6 Å². The van der Waals surface area contributed by atoms with Gasteiger partial charge in [0.1, 0.15) is 6.61 Å². The molecular weight excluding hydrogens is 356 g/mol. The van der Waals surface area contributed by atoms with Crippen LogP contribution < -0.4 is 11.1 Å². The average molecular weight is 380 g/mol. The van der Waals surface area contributed by atoms with Crippen molar-refractivity contribution in [3.63, 3.8) is 0 Å². The van der Waals surface area contributed by atoms with Gasteiger partial charge in [0.25, 0.3) is 5.91 Å². The van der Waals surface area contributed by atoms with Crippen molar-refractivity contribution in [1.82, 2.24) is 15.2 Å².